The fourth-order valence-corrected chi connectivity index (χ4v) is 3.86. The molecular formula is C19H27N3O4. The summed E-state index contributed by atoms with van der Waals surface area (Å²) in [5, 5.41) is 16.0. The first-order valence-electron chi connectivity index (χ1n) is 9.07. The van der Waals surface area contributed by atoms with Gasteiger partial charge in [-0.3, -0.25) is 9.59 Å². The van der Waals surface area contributed by atoms with Crippen LogP contribution < -0.4 is 15.4 Å². The molecule has 2 saturated heterocycles. The monoisotopic (exact) mass is 361 g/mol. The third-order valence-corrected chi connectivity index (χ3v) is 5.50. The van der Waals surface area contributed by atoms with Crippen molar-refractivity contribution in [2.45, 2.75) is 25.0 Å². The molecule has 0 saturated carbocycles. The number of carbonyl (C=O) groups excluding carboxylic acids is 2. The van der Waals surface area contributed by atoms with Crippen molar-refractivity contribution in [3.63, 3.8) is 0 Å². The number of aliphatic hydroxyl groups is 1. The number of nitrogens with zero attached hydrogens (tertiary/aromatic N) is 1. The minimum absolute atomic E-state index is 0.0290. The predicted molar refractivity (Wildman–Crippen MR) is 96.6 cm³/mol. The lowest BCUT2D eigenvalue weighted by Crippen LogP contribution is -2.47. The van der Waals surface area contributed by atoms with Gasteiger partial charge in [-0.05, 0) is 24.1 Å². The molecule has 2 aliphatic rings. The number of β-amino-alcohol motifs (C(OH)–C–C–N with tert-alkyl or cyclic N) is 1. The first-order chi connectivity index (χ1) is 12.5. The van der Waals surface area contributed by atoms with Crippen molar-refractivity contribution < 1.29 is 19.4 Å². The lowest BCUT2D eigenvalue weighted by Gasteiger charge is -2.38. The molecule has 0 bridgehead atoms. The first-order valence-corrected chi connectivity index (χ1v) is 9.07. The first kappa shape index (κ1) is 18.7. The third kappa shape index (κ3) is 3.83. The second-order valence-electron chi connectivity index (χ2n) is 7.10. The molecule has 3 rings (SSSR count). The third-order valence-electron chi connectivity index (χ3n) is 5.50. The van der Waals surface area contributed by atoms with Crippen LogP contribution in [-0.2, 0) is 9.59 Å². The number of rotatable bonds is 5. The van der Waals surface area contributed by atoms with Gasteiger partial charge in [0.1, 0.15) is 5.75 Å². The van der Waals surface area contributed by atoms with Crippen LogP contribution in [0.15, 0.2) is 24.3 Å². The Balaban J connectivity index is 1.73. The summed E-state index contributed by atoms with van der Waals surface area (Å²) in [5.74, 6) is 0.441. The largest absolute Gasteiger partial charge is 0.497 e. The quantitative estimate of drug-likeness (QED) is 0.702. The van der Waals surface area contributed by atoms with Gasteiger partial charge in [-0.25, -0.2) is 0 Å². The smallest absolute Gasteiger partial charge is 0.225 e. The molecule has 0 spiro atoms. The van der Waals surface area contributed by atoms with Gasteiger partial charge in [0.15, 0.2) is 0 Å². The molecule has 2 aliphatic heterocycles. The van der Waals surface area contributed by atoms with Crippen molar-refractivity contribution in [3.8, 4) is 5.75 Å². The van der Waals surface area contributed by atoms with E-state index in [1.54, 1.807) is 19.1 Å². The molecule has 1 aromatic carbocycles. The van der Waals surface area contributed by atoms with Crippen LogP contribution in [0.1, 0.15) is 24.4 Å². The van der Waals surface area contributed by atoms with E-state index in [1.807, 2.05) is 24.3 Å². The van der Waals surface area contributed by atoms with Crippen LogP contribution in [0.4, 0.5) is 0 Å². The molecule has 7 heteroatoms. The van der Waals surface area contributed by atoms with Gasteiger partial charge in [0.25, 0.3) is 0 Å². The lowest BCUT2D eigenvalue weighted by atomic mass is 9.84. The average Bonchev–Trinajstić information content (AvgIpc) is 3.07. The van der Waals surface area contributed by atoms with E-state index in [9.17, 15) is 14.7 Å². The molecular weight excluding hydrogens is 334 g/mol. The number of hydrogen-bond donors (Lipinski definition) is 3. The van der Waals surface area contributed by atoms with E-state index in [0.717, 1.165) is 11.3 Å². The van der Waals surface area contributed by atoms with Crippen LogP contribution in [0.25, 0.3) is 0 Å². The summed E-state index contributed by atoms with van der Waals surface area (Å²) >= 11 is 0. The average molecular weight is 361 g/mol. The van der Waals surface area contributed by atoms with Crippen LogP contribution in [0, 0.1) is 11.8 Å². The Kier molecular flexibility index (Phi) is 5.78. The fourth-order valence-electron chi connectivity index (χ4n) is 3.86. The van der Waals surface area contributed by atoms with Crippen LogP contribution in [0.3, 0.4) is 0 Å². The van der Waals surface area contributed by atoms with Crippen LogP contribution >= 0.6 is 0 Å². The second kappa shape index (κ2) is 8.05. The molecule has 0 aliphatic carbocycles. The van der Waals surface area contributed by atoms with E-state index in [1.165, 1.54) is 0 Å². The Morgan fingerprint density at radius 2 is 2.08 bits per heavy atom. The number of ether oxygens (including phenoxy) is 1. The number of carbonyl (C=O) groups is 2. The van der Waals surface area contributed by atoms with Crippen LogP contribution in [-0.4, -0.2) is 61.7 Å². The van der Waals surface area contributed by atoms with E-state index >= 15 is 0 Å². The zero-order valence-electron chi connectivity index (χ0n) is 15.3. The molecule has 7 nitrogen and oxygen atoms in total. The number of nitrogens with one attached hydrogen (secondary N) is 2. The van der Waals surface area contributed by atoms with Crippen molar-refractivity contribution in [1.82, 2.24) is 15.5 Å². The Morgan fingerprint density at radius 1 is 1.35 bits per heavy atom. The number of piperidine rings is 1. The van der Waals surface area contributed by atoms with Gasteiger partial charge >= 0.3 is 0 Å². The molecule has 0 aromatic heterocycles. The summed E-state index contributed by atoms with van der Waals surface area (Å²) in [6.45, 7) is 1.71. The maximum absolute atomic E-state index is 12.8. The molecule has 2 amide bonds. The van der Waals surface area contributed by atoms with Gasteiger partial charge in [-0.15, -0.1) is 0 Å². The van der Waals surface area contributed by atoms with Gasteiger partial charge in [0.2, 0.25) is 11.8 Å². The minimum atomic E-state index is -0.428. The topological polar surface area (TPSA) is 90.9 Å². The van der Waals surface area contributed by atoms with E-state index in [-0.39, 0.29) is 29.7 Å². The standard InChI is InChI=1S/C19H27N3O4/c1-22-17(24)8-7-15(18(22)12-3-5-14(26-2)6-4-12)19(25)21-10-13-9-20-11-16(13)23/h3-6,13,15-16,18,20,23H,7-11H2,1-2H3,(H,21,25). The number of likely N-dealkylation sites (tertiary alicyclic amines) is 1. The highest BCUT2D eigenvalue weighted by Crippen LogP contribution is 2.36. The maximum Gasteiger partial charge on any atom is 0.225 e. The van der Waals surface area contributed by atoms with Crippen molar-refractivity contribution in [3.05, 3.63) is 29.8 Å². The number of hydrogen-bond acceptors (Lipinski definition) is 5. The van der Waals surface area contributed by atoms with Crippen LogP contribution in [0.5, 0.6) is 5.75 Å². The lowest BCUT2D eigenvalue weighted by molar-refractivity contribution is -0.141. The maximum atomic E-state index is 12.8. The fraction of sp³-hybridized carbons (Fsp3) is 0.579. The van der Waals surface area contributed by atoms with Gasteiger partial charge in [-0.2, -0.15) is 0 Å². The summed E-state index contributed by atoms with van der Waals surface area (Å²) in [5.41, 5.74) is 0.920. The highest BCUT2D eigenvalue weighted by molar-refractivity contribution is 5.84. The van der Waals surface area contributed by atoms with E-state index in [4.69, 9.17) is 4.74 Å². The van der Waals surface area contributed by atoms with E-state index in [2.05, 4.69) is 10.6 Å². The summed E-state index contributed by atoms with van der Waals surface area (Å²) in [7, 11) is 3.36. The summed E-state index contributed by atoms with van der Waals surface area (Å²) < 4.78 is 5.19. The summed E-state index contributed by atoms with van der Waals surface area (Å²) in [6, 6.07) is 7.21. The molecule has 3 N–H and O–H groups in total. The molecule has 0 radical (unpaired) electrons. The molecule has 4 unspecified atom stereocenters. The predicted octanol–water partition coefficient (Wildman–Crippen LogP) is 0.301. The molecule has 142 valence electrons. The van der Waals surface area contributed by atoms with Crippen molar-refractivity contribution >= 4 is 11.8 Å². The number of benzene rings is 1. The molecule has 2 heterocycles. The van der Waals surface area contributed by atoms with Gasteiger partial charge in [0, 0.05) is 39.0 Å². The molecule has 26 heavy (non-hydrogen) atoms. The Morgan fingerprint density at radius 3 is 2.69 bits per heavy atom. The highest BCUT2D eigenvalue weighted by atomic mass is 16.5. The second-order valence-corrected chi connectivity index (χ2v) is 7.10. The zero-order chi connectivity index (χ0) is 18.7. The molecule has 1 aromatic rings. The number of methoxy groups -OCH3 is 1. The SMILES string of the molecule is COc1ccc(C2C(C(=O)NCC3CNCC3O)CCC(=O)N2C)cc1. The summed E-state index contributed by atoms with van der Waals surface area (Å²) in [4.78, 5) is 26.7. The van der Waals surface area contributed by atoms with Gasteiger partial charge in [0.05, 0.1) is 25.2 Å². The summed E-state index contributed by atoms with van der Waals surface area (Å²) in [6.07, 6.45) is 0.467. The molecule has 2 fully saturated rings. The normalized spacial score (nSPS) is 28.9. The van der Waals surface area contributed by atoms with E-state index < -0.39 is 6.10 Å². The Labute approximate surface area is 153 Å². The van der Waals surface area contributed by atoms with Gasteiger partial charge in [-0.1, -0.05) is 12.1 Å². The van der Waals surface area contributed by atoms with Gasteiger partial charge < -0.3 is 25.4 Å². The van der Waals surface area contributed by atoms with Crippen molar-refractivity contribution in [2.75, 3.05) is 33.8 Å². The number of amides is 2. The van der Waals surface area contributed by atoms with E-state index in [0.29, 0.717) is 32.5 Å². The Bertz CT molecular complexity index is 649. The van der Waals surface area contributed by atoms with Crippen molar-refractivity contribution in [2.24, 2.45) is 11.8 Å². The zero-order valence-corrected chi connectivity index (χ0v) is 15.3. The molecule has 4 atom stereocenters. The highest BCUT2D eigenvalue weighted by Gasteiger charge is 2.39. The van der Waals surface area contributed by atoms with Crippen LogP contribution in [0.2, 0.25) is 0 Å². The number of aliphatic hydroxyl groups excluding tert-OH is 1. The van der Waals surface area contributed by atoms with Crippen molar-refractivity contribution in [1.29, 1.82) is 0 Å². The Hall–Kier alpha value is -2.12. The minimum Gasteiger partial charge on any atom is -0.497 e.